The van der Waals surface area contributed by atoms with E-state index in [2.05, 4.69) is 15.6 Å². The summed E-state index contributed by atoms with van der Waals surface area (Å²) in [5, 5.41) is 5.74. The SMILES string of the molecule is CNC(=O)c1cc(N)c2c(n1)CNCC2. The Balaban J connectivity index is 2.45. The van der Waals surface area contributed by atoms with Crippen molar-refractivity contribution in [2.75, 3.05) is 19.3 Å². The van der Waals surface area contributed by atoms with Crippen LogP contribution in [-0.4, -0.2) is 24.5 Å². The van der Waals surface area contributed by atoms with Gasteiger partial charge in [-0.3, -0.25) is 4.79 Å². The maximum atomic E-state index is 11.4. The summed E-state index contributed by atoms with van der Waals surface area (Å²) in [6.45, 7) is 1.60. The van der Waals surface area contributed by atoms with Gasteiger partial charge in [0.05, 0.1) is 5.69 Å². The van der Waals surface area contributed by atoms with E-state index < -0.39 is 0 Å². The van der Waals surface area contributed by atoms with Gasteiger partial charge < -0.3 is 16.4 Å². The van der Waals surface area contributed by atoms with E-state index in [-0.39, 0.29) is 5.91 Å². The number of hydrogen-bond acceptors (Lipinski definition) is 4. The molecule has 1 aromatic rings. The number of anilines is 1. The van der Waals surface area contributed by atoms with E-state index in [1.54, 1.807) is 13.1 Å². The molecule has 2 rings (SSSR count). The first-order valence-electron chi connectivity index (χ1n) is 4.93. The van der Waals surface area contributed by atoms with Gasteiger partial charge >= 0.3 is 0 Å². The quantitative estimate of drug-likeness (QED) is 0.587. The van der Waals surface area contributed by atoms with Gasteiger partial charge in [0.25, 0.3) is 5.91 Å². The second kappa shape index (κ2) is 3.86. The topological polar surface area (TPSA) is 80.0 Å². The zero-order valence-corrected chi connectivity index (χ0v) is 8.63. The molecule has 1 aliphatic rings. The minimum Gasteiger partial charge on any atom is -0.398 e. The Morgan fingerprint density at radius 2 is 2.47 bits per heavy atom. The molecule has 0 saturated heterocycles. The molecule has 2 heterocycles. The van der Waals surface area contributed by atoms with Crippen molar-refractivity contribution in [1.82, 2.24) is 15.6 Å². The summed E-state index contributed by atoms with van der Waals surface area (Å²) in [5.41, 5.74) is 8.90. The Kier molecular flexibility index (Phi) is 2.55. The molecule has 0 spiro atoms. The number of aromatic nitrogens is 1. The van der Waals surface area contributed by atoms with Crippen LogP contribution in [0.5, 0.6) is 0 Å². The summed E-state index contributed by atoms with van der Waals surface area (Å²) in [6.07, 6.45) is 0.877. The minimum atomic E-state index is -0.199. The van der Waals surface area contributed by atoms with Crippen LogP contribution >= 0.6 is 0 Å². The lowest BCUT2D eigenvalue weighted by Gasteiger charge is -2.18. The average molecular weight is 206 g/mol. The molecule has 0 fully saturated rings. The number of nitrogens with two attached hydrogens (primary N) is 1. The number of hydrogen-bond donors (Lipinski definition) is 3. The lowest BCUT2D eigenvalue weighted by molar-refractivity contribution is 0.0958. The molecule has 0 bridgehead atoms. The van der Waals surface area contributed by atoms with Crippen LogP contribution in [0.25, 0.3) is 0 Å². The molecule has 1 aromatic heterocycles. The zero-order valence-electron chi connectivity index (χ0n) is 8.63. The van der Waals surface area contributed by atoms with Gasteiger partial charge in [-0.1, -0.05) is 0 Å². The number of carbonyl (C=O) groups is 1. The van der Waals surface area contributed by atoms with E-state index in [0.717, 1.165) is 24.2 Å². The summed E-state index contributed by atoms with van der Waals surface area (Å²) in [4.78, 5) is 15.7. The van der Waals surface area contributed by atoms with E-state index >= 15 is 0 Å². The lowest BCUT2D eigenvalue weighted by Crippen LogP contribution is -2.28. The average Bonchev–Trinajstić information content (AvgIpc) is 2.28. The van der Waals surface area contributed by atoms with Crippen LogP contribution in [0.3, 0.4) is 0 Å². The van der Waals surface area contributed by atoms with Crippen LogP contribution in [0, 0.1) is 0 Å². The van der Waals surface area contributed by atoms with E-state index in [0.29, 0.717) is 17.9 Å². The predicted molar refractivity (Wildman–Crippen MR) is 57.5 cm³/mol. The summed E-state index contributed by atoms with van der Waals surface area (Å²) >= 11 is 0. The van der Waals surface area contributed by atoms with E-state index in [1.807, 2.05) is 0 Å². The van der Waals surface area contributed by atoms with Crippen molar-refractivity contribution >= 4 is 11.6 Å². The Bertz CT molecular complexity index is 403. The molecule has 0 aromatic carbocycles. The largest absolute Gasteiger partial charge is 0.398 e. The summed E-state index contributed by atoms with van der Waals surface area (Å²) in [7, 11) is 1.58. The highest BCUT2D eigenvalue weighted by molar-refractivity contribution is 5.93. The highest BCUT2D eigenvalue weighted by Gasteiger charge is 2.16. The highest BCUT2D eigenvalue weighted by atomic mass is 16.1. The number of fused-ring (bicyclic) bond motifs is 1. The molecule has 15 heavy (non-hydrogen) atoms. The normalized spacial score (nSPS) is 14.5. The molecule has 0 aliphatic carbocycles. The number of nitrogens with zero attached hydrogens (tertiary/aromatic N) is 1. The summed E-state index contributed by atoms with van der Waals surface area (Å²) in [5.74, 6) is -0.199. The molecule has 1 amide bonds. The van der Waals surface area contributed by atoms with Gasteiger partial charge in [0.2, 0.25) is 0 Å². The number of nitrogen functional groups attached to an aromatic ring is 1. The second-order valence-corrected chi connectivity index (χ2v) is 3.53. The third kappa shape index (κ3) is 1.78. The second-order valence-electron chi connectivity index (χ2n) is 3.53. The number of amides is 1. The summed E-state index contributed by atoms with van der Waals surface area (Å²) in [6, 6.07) is 1.64. The molecule has 0 radical (unpaired) electrons. The fourth-order valence-corrected chi connectivity index (χ4v) is 1.75. The molecule has 0 saturated carbocycles. The summed E-state index contributed by atoms with van der Waals surface area (Å²) < 4.78 is 0. The van der Waals surface area contributed by atoms with Gasteiger partial charge in [0, 0.05) is 19.3 Å². The monoisotopic (exact) mass is 206 g/mol. The first-order valence-corrected chi connectivity index (χ1v) is 4.93. The predicted octanol–water partition coefficient (Wildman–Crippen LogP) is -0.331. The van der Waals surface area contributed by atoms with Gasteiger partial charge in [-0.2, -0.15) is 0 Å². The molecule has 4 N–H and O–H groups in total. The Labute approximate surface area is 88.1 Å². The van der Waals surface area contributed by atoms with Gasteiger partial charge in [-0.25, -0.2) is 4.98 Å². The van der Waals surface area contributed by atoms with Crippen molar-refractivity contribution in [2.24, 2.45) is 0 Å². The number of pyridine rings is 1. The van der Waals surface area contributed by atoms with E-state index in [1.165, 1.54) is 0 Å². The van der Waals surface area contributed by atoms with Crippen LogP contribution < -0.4 is 16.4 Å². The molecule has 0 atom stereocenters. The molecular formula is C10H14N4O. The van der Waals surface area contributed by atoms with Crippen molar-refractivity contribution in [1.29, 1.82) is 0 Å². The van der Waals surface area contributed by atoms with E-state index in [9.17, 15) is 4.79 Å². The smallest absolute Gasteiger partial charge is 0.269 e. The van der Waals surface area contributed by atoms with Crippen LogP contribution in [0.4, 0.5) is 5.69 Å². The van der Waals surface area contributed by atoms with Crippen molar-refractivity contribution in [3.8, 4) is 0 Å². The van der Waals surface area contributed by atoms with E-state index in [4.69, 9.17) is 5.73 Å². The van der Waals surface area contributed by atoms with Crippen LogP contribution in [-0.2, 0) is 13.0 Å². The molecule has 1 aliphatic heterocycles. The van der Waals surface area contributed by atoms with Crippen molar-refractivity contribution in [3.05, 3.63) is 23.0 Å². The third-order valence-electron chi connectivity index (χ3n) is 2.55. The molecule has 5 heteroatoms. The Morgan fingerprint density at radius 1 is 1.67 bits per heavy atom. The maximum Gasteiger partial charge on any atom is 0.269 e. The third-order valence-corrected chi connectivity index (χ3v) is 2.55. The van der Waals surface area contributed by atoms with Gasteiger partial charge in [0.15, 0.2) is 0 Å². The van der Waals surface area contributed by atoms with Crippen molar-refractivity contribution < 1.29 is 4.79 Å². The lowest BCUT2D eigenvalue weighted by atomic mass is 10.0. The van der Waals surface area contributed by atoms with Crippen molar-refractivity contribution in [2.45, 2.75) is 13.0 Å². The van der Waals surface area contributed by atoms with Crippen molar-refractivity contribution in [3.63, 3.8) is 0 Å². The van der Waals surface area contributed by atoms with Gasteiger partial charge in [0.1, 0.15) is 5.69 Å². The molecular weight excluding hydrogens is 192 g/mol. The van der Waals surface area contributed by atoms with Crippen LogP contribution in [0.1, 0.15) is 21.7 Å². The number of nitrogens with one attached hydrogen (secondary N) is 2. The maximum absolute atomic E-state index is 11.4. The van der Waals surface area contributed by atoms with Crippen LogP contribution in [0.2, 0.25) is 0 Å². The fourth-order valence-electron chi connectivity index (χ4n) is 1.75. The first kappa shape index (κ1) is 9.92. The first-order chi connectivity index (χ1) is 7.22. The fraction of sp³-hybridized carbons (Fsp3) is 0.400. The Hall–Kier alpha value is -1.62. The minimum absolute atomic E-state index is 0.199. The van der Waals surface area contributed by atoms with Crippen LogP contribution in [0.15, 0.2) is 6.07 Å². The van der Waals surface area contributed by atoms with Gasteiger partial charge in [-0.05, 0) is 24.6 Å². The molecule has 80 valence electrons. The highest BCUT2D eigenvalue weighted by Crippen LogP contribution is 2.20. The number of carbonyl (C=O) groups excluding carboxylic acids is 1. The number of rotatable bonds is 1. The molecule has 5 nitrogen and oxygen atoms in total. The Morgan fingerprint density at radius 3 is 3.20 bits per heavy atom. The standard InChI is InChI=1S/C10H14N4O/c1-12-10(15)8-4-7(11)6-2-3-13-5-9(6)14-8/h4,13H,2-3,5H2,1H3,(H2,11,14)(H,12,15). The van der Waals surface area contributed by atoms with Gasteiger partial charge in [-0.15, -0.1) is 0 Å². The zero-order chi connectivity index (χ0) is 10.8. The molecule has 0 unspecified atom stereocenters.